The van der Waals surface area contributed by atoms with Gasteiger partial charge in [-0.05, 0) is 12.8 Å². The van der Waals surface area contributed by atoms with Gasteiger partial charge in [-0.3, -0.25) is 24.0 Å². The zero-order valence-electron chi connectivity index (χ0n) is 13.2. The highest BCUT2D eigenvalue weighted by molar-refractivity contribution is 6.12. The van der Waals surface area contributed by atoms with Gasteiger partial charge >= 0.3 is 23.9 Å². The summed E-state index contributed by atoms with van der Waals surface area (Å²) in [7, 11) is 4.19. The molecule has 0 radical (unpaired) electrons. The average Bonchev–Trinajstić information content (AvgIpc) is 2.59. The van der Waals surface area contributed by atoms with Crippen LogP contribution in [0.15, 0.2) is 0 Å². The van der Waals surface area contributed by atoms with Crippen LogP contribution < -0.4 is 0 Å². The van der Waals surface area contributed by atoms with Crippen molar-refractivity contribution in [3.8, 4) is 0 Å². The Balaban J connectivity index is 3.43. The van der Waals surface area contributed by atoms with E-state index in [1.807, 2.05) is 0 Å². The summed E-state index contributed by atoms with van der Waals surface area (Å²) in [6, 6.07) is 0. The quantitative estimate of drug-likeness (QED) is 0.372. The summed E-state index contributed by atoms with van der Waals surface area (Å²) in [6.07, 6.45) is -0.989. The molecule has 0 heterocycles. The zero-order chi connectivity index (χ0) is 17.8. The molecule has 2 atom stereocenters. The predicted molar refractivity (Wildman–Crippen MR) is 71.7 cm³/mol. The van der Waals surface area contributed by atoms with Gasteiger partial charge in [0, 0.05) is 0 Å². The van der Waals surface area contributed by atoms with Crippen molar-refractivity contribution in [1.29, 1.82) is 0 Å². The van der Waals surface area contributed by atoms with Gasteiger partial charge in [0.2, 0.25) is 0 Å². The number of esters is 4. The summed E-state index contributed by atoms with van der Waals surface area (Å²) in [5.41, 5.74) is -1.96. The van der Waals surface area contributed by atoms with Gasteiger partial charge in [-0.15, -0.1) is 0 Å². The number of Topliss-reactive ketones (excluding diaryl/α,β-unsaturated/α-hetero) is 1. The molecule has 9 heteroatoms. The zero-order valence-corrected chi connectivity index (χ0v) is 13.2. The Hall–Kier alpha value is -2.45. The lowest BCUT2D eigenvalue weighted by molar-refractivity contribution is -0.179. The van der Waals surface area contributed by atoms with Gasteiger partial charge < -0.3 is 18.9 Å². The molecule has 0 aromatic carbocycles. The molecule has 128 valence electrons. The van der Waals surface area contributed by atoms with E-state index < -0.39 is 59.8 Å². The number of methoxy groups -OCH3 is 4. The summed E-state index contributed by atoms with van der Waals surface area (Å²) in [5.74, 6) is -7.64. The first kappa shape index (κ1) is 18.6. The Kier molecular flexibility index (Phi) is 5.83. The molecular formula is C14H18O9. The van der Waals surface area contributed by atoms with Crippen LogP contribution in [0.4, 0.5) is 0 Å². The summed E-state index contributed by atoms with van der Waals surface area (Å²) >= 11 is 0. The third kappa shape index (κ3) is 3.17. The highest BCUT2D eigenvalue weighted by atomic mass is 16.5. The highest BCUT2D eigenvalue weighted by Gasteiger charge is 2.60. The standard InChI is InChI=1S/C14H18O9/c1-20-10(16)7-5-14(12(18)22-3,13(19)23-4)6-8(9(7)15)11(17)21-2/h7-8H,5-6H2,1-4H3. The topological polar surface area (TPSA) is 122 Å². The third-order valence-electron chi connectivity index (χ3n) is 3.92. The number of hydrogen-bond donors (Lipinski definition) is 0. The van der Waals surface area contributed by atoms with E-state index in [1.54, 1.807) is 0 Å². The molecular weight excluding hydrogens is 312 g/mol. The molecule has 0 saturated heterocycles. The van der Waals surface area contributed by atoms with E-state index in [1.165, 1.54) is 0 Å². The summed E-state index contributed by atoms with van der Waals surface area (Å²) in [5, 5.41) is 0. The lowest BCUT2D eigenvalue weighted by Gasteiger charge is -2.37. The van der Waals surface area contributed by atoms with E-state index in [9.17, 15) is 24.0 Å². The predicted octanol–water partition coefficient (Wildman–Crippen LogP) is -0.740. The summed E-state index contributed by atoms with van der Waals surface area (Å²) in [4.78, 5) is 60.4. The van der Waals surface area contributed by atoms with E-state index in [0.717, 1.165) is 28.4 Å². The Bertz CT molecular complexity index is 490. The molecule has 0 aliphatic heterocycles. The second kappa shape index (κ2) is 7.21. The van der Waals surface area contributed by atoms with E-state index in [2.05, 4.69) is 18.9 Å². The second-order valence-corrected chi connectivity index (χ2v) is 5.03. The molecule has 0 aromatic heterocycles. The van der Waals surface area contributed by atoms with Gasteiger partial charge in [-0.1, -0.05) is 0 Å². The molecule has 0 amide bonds. The van der Waals surface area contributed by atoms with Gasteiger partial charge in [0.05, 0.1) is 28.4 Å². The molecule has 9 nitrogen and oxygen atoms in total. The van der Waals surface area contributed by atoms with Crippen molar-refractivity contribution >= 4 is 29.7 Å². The van der Waals surface area contributed by atoms with Crippen molar-refractivity contribution in [2.24, 2.45) is 17.3 Å². The van der Waals surface area contributed by atoms with Gasteiger partial charge in [-0.2, -0.15) is 0 Å². The van der Waals surface area contributed by atoms with Crippen molar-refractivity contribution in [2.75, 3.05) is 28.4 Å². The van der Waals surface area contributed by atoms with E-state index >= 15 is 0 Å². The van der Waals surface area contributed by atoms with Crippen molar-refractivity contribution < 1.29 is 42.9 Å². The summed E-state index contributed by atoms with van der Waals surface area (Å²) < 4.78 is 18.3. The normalized spacial score (nSPS) is 22.7. The number of rotatable bonds is 4. The van der Waals surface area contributed by atoms with Crippen LogP contribution >= 0.6 is 0 Å². The van der Waals surface area contributed by atoms with Crippen molar-refractivity contribution in [2.45, 2.75) is 12.8 Å². The summed E-state index contributed by atoms with van der Waals surface area (Å²) in [6.45, 7) is 0. The van der Waals surface area contributed by atoms with E-state index in [0.29, 0.717) is 0 Å². The molecule has 1 rings (SSSR count). The number of hydrogen-bond acceptors (Lipinski definition) is 9. The van der Waals surface area contributed by atoms with Gasteiger partial charge in [0.1, 0.15) is 11.8 Å². The van der Waals surface area contributed by atoms with Gasteiger partial charge in [0.15, 0.2) is 11.2 Å². The van der Waals surface area contributed by atoms with Crippen LogP contribution in [0.3, 0.4) is 0 Å². The van der Waals surface area contributed by atoms with Crippen molar-refractivity contribution in [1.82, 2.24) is 0 Å². The van der Waals surface area contributed by atoms with Crippen molar-refractivity contribution in [3.05, 3.63) is 0 Å². The minimum atomic E-state index is -1.96. The van der Waals surface area contributed by atoms with Crippen molar-refractivity contribution in [3.63, 3.8) is 0 Å². The first-order chi connectivity index (χ1) is 10.8. The highest BCUT2D eigenvalue weighted by Crippen LogP contribution is 2.43. The fraction of sp³-hybridized carbons (Fsp3) is 0.643. The number of ether oxygens (including phenoxy) is 4. The third-order valence-corrected chi connectivity index (χ3v) is 3.92. The molecule has 1 fully saturated rings. The van der Waals surface area contributed by atoms with Crippen LogP contribution in [0, 0.1) is 17.3 Å². The fourth-order valence-electron chi connectivity index (χ4n) is 2.72. The molecule has 0 bridgehead atoms. The lowest BCUT2D eigenvalue weighted by atomic mass is 9.64. The van der Waals surface area contributed by atoms with Crippen LogP contribution in [0.5, 0.6) is 0 Å². The minimum absolute atomic E-state index is 0.495. The first-order valence-corrected chi connectivity index (χ1v) is 6.65. The first-order valence-electron chi connectivity index (χ1n) is 6.65. The lowest BCUT2D eigenvalue weighted by Crippen LogP contribution is -2.54. The molecule has 0 N–H and O–H groups in total. The second-order valence-electron chi connectivity index (χ2n) is 5.03. The Labute approximate surface area is 132 Å². The van der Waals surface area contributed by atoms with Crippen LogP contribution in [0.2, 0.25) is 0 Å². The van der Waals surface area contributed by atoms with Crippen LogP contribution in [-0.2, 0) is 42.9 Å². The molecule has 0 aromatic rings. The molecule has 1 saturated carbocycles. The smallest absolute Gasteiger partial charge is 0.323 e. The molecule has 1 aliphatic rings. The molecule has 0 spiro atoms. The SMILES string of the molecule is COC(=O)C1CC(C(=O)OC)(C(=O)OC)CC(C(=O)OC)C1=O. The largest absolute Gasteiger partial charge is 0.468 e. The van der Waals surface area contributed by atoms with E-state index in [4.69, 9.17) is 0 Å². The number of carbonyl (C=O) groups excluding carboxylic acids is 5. The van der Waals surface area contributed by atoms with Crippen LogP contribution in [-0.4, -0.2) is 58.1 Å². The van der Waals surface area contributed by atoms with Gasteiger partial charge in [0.25, 0.3) is 0 Å². The minimum Gasteiger partial charge on any atom is -0.468 e. The number of ketones is 1. The number of carbonyl (C=O) groups is 5. The molecule has 2 unspecified atom stereocenters. The Morgan fingerprint density at radius 2 is 1.13 bits per heavy atom. The van der Waals surface area contributed by atoms with E-state index in [-0.39, 0.29) is 0 Å². The van der Waals surface area contributed by atoms with Crippen LogP contribution in [0.1, 0.15) is 12.8 Å². The molecule has 1 aliphatic carbocycles. The average molecular weight is 330 g/mol. The van der Waals surface area contributed by atoms with Gasteiger partial charge in [-0.25, -0.2) is 0 Å². The maximum Gasteiger partial charge on any atom is 0.323 e. The van der Waals surface area contributed by atoms with Crippen LogP contribution in [0.25, 0.3) is 0 Å². The Morgan fingerprint density at radius 1 is 0.783 bits per heavy atom. The Morgan fingerprint density at radius 3 is 1.39 bits per heavy atom. The monoisotopic (exact) mass is 330 g/mol. The maximum atomic E-state index is 12.3. The fourth-order valence-corrected chi connectivity index (χ4v) is 2.72. The molecule has 23 heavy (non-hydrogen) atoms. The maximum absolute atomic E-state index is 12.3.